The number of hydrogen-bond acceptors (Lipinski definition) is 5. The van der Waals surface area contributed by atoms with Crippen LogP contribution in [-0.2, 0) is 16.1 Å². The Morgan fingerprint density at radius 2 is 1.68 bits per heavy atom. The number of rotatable bonds is 9. The third kappa shape index (κ3) is 6.30. The van der Waals surface area contributed by atoms with Crippen LogP contribution in [0.5, 0.6) is 11.5 Å². The Morgan fingerprint density at radius 3 is 2.32 bits per heavy atom. The minimum Gasteiger partial charge on any atom is -0.496 e. The molecule has 1 atom stereocenters. The van der Waals surface area contributed by atoms with Crippen molar-refractivity contribution < 1.29 is 23.8 Å². The van der Waals surface area contributed by atoms with Crippen LogP contribution in [0.25, 0.3) is 0 Å². The average Bonchev–Trinajstić information content (AvgIpc) is 2.70. The van der Waals surface area contributed by atoms with Crippen LogP contribution in [0.1, 0.15) is 36.7 Å². The van der Waals surface area contributed by atoms with Crippen molar-refractivity contribution in [1.82, 2.24) is 5.32 Å². The Bertz CT molecular complexity index is 786. The van der Waals surface area contributed by atoms with Crippen LogP contribution in [0.15, 0.2) is 48.5 Å². The number of nitrogens with one attached hydrogen (secondary N) is 1. The van der Waals surface area contributed by atoms with E-state index in [2.05, 4.69) is 19.2 Å². The molecule has 150 valence electrons. The number of para-hydroxylation sites is 1. The van der Waals surface area contributed by atoms with Gasteiger partial charge in [0.25, 0.3) is 5.91 Å². The van der Waals surface area contributed by atoms with Gasteiger partial charge in [0.1, 0.15) is 11.5 Å². The normalized spacial score (nSPS) is 11.6. The first-order valence-electron chi connectivity index (χ1n) is 9.24. The van der Waals surface area contributed by atoms with E-state index in [0.29, 0.717) is 29.6 Å². The van der Waals surface area contributed by atoms with Crippen LogP contribution in [-0.4, -0.2) is 31.7 Å². The SMILES string of the molecule is COc1ccccc1CNC(=O)[C@@H](C)OC(=O)c1ccc(OCC(C)C)cc1. The van der Waals surface area contributed by atoms with E-state index >= 15 is 0 Å². The first-order chi connectivity index (χ1) is 13.4. The number of ether oxygens (including phenoxy) is 3. The van der Waals surface area contributed by atoms with Crippen molar-refractivity contribution in [1.29, 1.82) is 0 Å². The second kappa shape index (κ2) is 10.3. The van der Waals surface area contributed by atoms with Gasteiger partial charge in [-0.25, -0.2) is 4.79 Å². The Morgan fingerprint density at radius 1 is 1.00 bits per heavy atom. The topological polar surface area (TPSA) is 73.9 Å². The van der Waals surface area contributed by atoms with Gasteiger partial charge in [0.05, 0.1) is 19.3 Å². The smallest absolute Gasteiger partial charge is 0.338 e. The maximum Gasteiger partial charge on any atom is 0.338 e. The fourth-order valence-corrected chi connectivity index (χ4v) is 2.41. The molecule has 1 amide bonds. The molecule has 0 radical (unpaired) electrons. The highest BCUT2D eigenvalue weighted by molar-refractivity contribution is 5.92. The lowest BCUT2D eigenvalue weighted by molar-refractivity contribution is -0.129. The molecule has 6 heteroatoms. The van der Waals surface area contributed by atoms with E-state index in [-0.39, 0.29) is 12.5 Å². The Labute approximate surface area is 165 Å². The fourth-order valence-electron chi connectivity index (χ4n) is 2.41. The van der Waals surface area contributed by atoms with Crippen molar-refractivity contribution in [3.05, 3.63) is 59.7 Å². The van der Waals surface area contributed by atoms with Gasteiger partial charge in [0, 0.05) is 12.1 Å². The average molecular weight is 385 g/mol. The number of carbonyl (C=O) groups is 2. The maximum atomic E-state index is 12.2. The summed E-state index contributed by atoms with van der Waals surface area (Å²) in [4.78, 5) is 24.5. The van der Waals surface area contributed by atoms with Gasteiger partial charge in [-0.1, -0.05) is 32.0 Å². The monoisotopic (exact) mass is 385 g/mol. The molecular weight excluding hydrogens is 358 g/mol. The molecule has 6 nitrogen and oxygen atoms in total. The quantitative estimate of drug-likeness (QED) is 0.668. The first-order valence-corrected chi connectivity index (χ1v) is 9.24. The Balaban J connectivity index is 1.86. The van der Waals surface area contributed by atoms with Gasteiger partial charge in [0.15, 0.2) is 6.10 Å². The second-order valence-corrected chi connectivity index (χ2v) is 6.81. The highest BCUT2D eigenvalue weighted by Crippen LogP contribution is 2.17. The van der Waals surface area contributed by atoms with Gasteiger partial charge in [-0.2, -0.15) is 0 Å². The molecule has 0 aliphatic rings. The minimum absolute atomic E-state index is 0.284. The molecule has 0 spiro atoms. The van der Waals surface area contributed by atoms with Gasteiger partial charge in [-0.15, -0.1) is 0 Å². The lowest BCUT2D eigenvalue weighted by Crippen LogP contribution is -2.35. The molecular formula is C22H27NO5. The minimum atomic E-state index is -0.918. The number of hydrogen-bond donors (Lipinski definition) is 1. The molecule has 28 heavy (non-hydrogen) atoms. The molecule has 0 fully saturated rings. The molecule has 0 saturated heterocycles. The molecule has 0 saturated carbocycles. The number of carbonyl (C=O) groups excluding carboxylic acids is 2. The van der Waals surface area contributed by atoms with Gasteiger partial charge in [-0.05, 0) is 43.2 Å². The molecule has 0 heterocycles. The predicted octanol–water partition coefficient (Wildman–Crippen LogP) is 3.59. The van der Waals surface area contributed by atoms with Crippen LogP contribution in [0.2, 0.25) is 0 Å². The Hall–Kier alpha value is -3.02. The molecule has 1 N–H and O–H groups in total. The Kier molecular flexibility index (Phi) is 7.87. The van der Waals surface area contributed by atoms with Crippen LogP contribution in [0.3, 0.4) is 0 Å². The lowest BCUT2D eigenvalue weighted by Gasteiger charge is -2.15. The van der Waals surface area contributed by atoms with E-state index in [1.807, 2.05) is 24.3 Å². The van der Waals surface area contributed by atoms with Crippen LogP contribution in [0, 0.1) is 5.92 Å². The molecule has 2 rings (SSSR count). The van der Waals surface area contributed by atoms with Crippen LogP contribution < -0.4 is 14.8 Å². The van der Waals surface area contributed by atoms with Crippen molar-refractivity contribution >= 4 is 11.9 Å². The van der Waals surface area contributed by atoms with Crippen molar-refractivity contribution in [3.8, 4) is 11.5 Å². The van der Waals surface area contributed by atoms with E-state index in [0.717, 1.165) is 5.56 Å². The maximum absolute atomic E-state index is 12.2. The van der Waals surface area contributed by atoms with Gasteiger partial charge in [0.2, 0.25) is 0 Å². The van der Waals surface area contributed by atoms with Crippen molar-refractivity contribution in [2.75, 3.05) is 13.7 Å². The van der Waals surface area contributed by atoms with Crippen molar-refractivity contribution in [2.24, 2.45) is 5.92 Å². The molecule has 0 aliphatic heterocycles. The van der Waals surface area contributed by atoms with Gasteiger partial charge >= 0.3 is 5.97 Å². The summed E-state index contributed by atoms with van der Waals surface area (Å²) in [7, 11) is 1.57. The molecule has 2 aromatic rings. The molecule has 0 unspecified atom stereocenters. The number of amides is 1. The zero-order valence-electron chi connectivity index (χ0n) is 16.7. The zero-order chi connectivity index (χ0) is 20.5. The van der Waals surface area contributed by atoms with Gasteiger partial charge < -0.3 is 19.5 Å². The number of esters is 1. The summed E-state index contributed by atoms with van der Waals surface area (Å²) in [5, 5.41) is 2.75. The van der Waals surface area contributed by atoms with E-state index in [9.17, 15) is 9.59 Å². The predicted molar refractivity (Wildman–Crippen MR) is 106 cm³/mol. The number of benzene rings is 2. The third-order valence-corrected chi connectivity index (χ3v) is 3.97. The lowest BCUT2D eigenvalue weighted by atomic mass is 10.2. The van der Waals surface area contributed by atoms with Crippen molar-refractivity contribution in [3.63, 3.8) is 0 Å². The third-order valence-electron chi connectivity index (χ3n) is 3.97. The summed E-state index contributed by atoms with van der Waals surface area (Å²) < 4.78 is 16.1. The first kappa shape index (κ1) is 21.3. The van der Waals surface area contributed by atoms with E-state index < -0.39 is 12.1 Å². The molecule has 0 aliphatic carbocycles. The van der Waals surface area contributed by atoms with Crippen molar-refractivity contribution in [2.45, 2.75) is 33.4 Å². The van der Waals surface area contributed by atoms with E-state index in [4.69, 9.17) is 14.2 Å². The fraction of sp³-hybridized carbons (Fsp3) is 0.364. The molecule has 0 bridgehead atoms. The summed E-state index contributed by atoms with van der Waals surface area (Å²) >= 11 is 0. The number of methoxy groups -OCH3 is 1. The largest absolute Gasteiger partial charge is 0.496 e. The molecule has 2 aromatic carbocycles. The van der Waals surface area contributed by atoms with Crippen LogP contribution >= 0.6 is 0 Å². The van der Waals surface area contributed by atoms with E-state index in [1.165, 1.54) is 6.92 Å². The second-order valence-electron chi connectivity index (χ2n) is 6.81. The highest BCUT2D eigenvalue weighted by Gasteiger charge is 2.19. The van der Waals surface area contributed by atoms with Gasteiger partial charge in [-0.3, -0.25) is 4.79 Å². The molecule has 0 aromatic heterocycles. The summed E-state index contributed by atoms with van der Waals surface area (Å²) in [5.74, 6) is 0.853. The standard InChI is InChI=1S/C22H27NO5/c1-15(2)14-27-19-11-9-17(10-12-19)22(25)28-16(3)21(24)23-13-18-7-5-6-8-20(18)26-4/h5-12,15-16H,13-14H2,1-4H3,(H,23,24)/t16-/m1/s1. The summed E-state index contributed by atoms with van der Waals surface area (Å²) in [6.45, 7) is 6.55. The van der Waals surface area contributed by atoms with E-state index in [1.54, 1.807) is 31.4 Å². The highest BCUT2D eigenvalue weighted by atomic mass is 16.5. The summed E-state index contributed by atoms with van der Waals surface area (Å²) in [6.07, 6.45) is -0.918. The van der Waals surface area contributed by atoms with Crippen LogP contribution in [0.4, 0.5) is 0 Å². The summed E-state index contributed by atoms with van der Waals surface area (Å²) in [6, 6.07) is 14.1. The summed E-state index contributed by atoms with van der Waals surface area (Å²) in [5.41, 5.74) is 1.20. The zero-order valence-corrected chi connectivity index (χ0v) is 16.7.